The van der Waals surface area contributed by atoms with Crippen molar-refractivity contribution in [1.82, 2.24) is 0 Å². The monoisotopic (exact) mass is 174 g/mol. The van der Waals surface area contributed by atoms with Crippen LogP contribution < -0.4 is 0 Å². The number of halogens is 1. The third-order valence-corrected chi connectivity index (χ3v) is 1.86. The van der Waals surface area contributed by atoms with Crippen molar-refractivity contribution in [1.29, 1.82) is 0 Å². The van der Waals surface area contributed by atoms with E-state index in [4.69, 9.17) is 0 Å². The highest BCUT2D eigenvalue weighted by Gasteiger charge is 1.99. The lowest BCUT2D eigenvalue weighted by molar-refractivity contribution is 0.601. The highest BCUT2D eigenvalue weighted by Crippen LogP contribution is 2.06. The summed E-state index contributed by atoms with van der Waals surface area (Å²) in [7, 11) is -2.53. The zero-order valence-corrected chi connectivity index (χ0v) is 6.55. The predicted molar refractivity (Wildman–Crippen MR) is 40.4 cm³/mol. The van der Waals surface area contributed by atoms with Crippen molar-refractivity contribution in [2.45, 2.75) is 5.75 Å². The first-order valence-electron chi connectivity index (χ1n) is 3.05. The Morgan fingerprint density at radius 2 is 1.91 bits per heavy atom. The molecule has 0 heterocycles. The Kier molecular flexibility index (Phi) is 2.59. The van der Waals surface area contributed by atoms with Crippen molar-refractivity contribution in [3.63, 3.8) is 0 Å². The second kappa shape index (κ2) is 3.48. The van der Waals surface area contributed by atoms with E-state index in [2.05, 4.69) is 0 Å². The van der Waals surface area contributed by atoms with E-state index in [1.54, 1.807) is 6.07 Å². The molecule has 0 N–H and O–H groups in total. The van der Waals surface area contributed by atoms with E-state index in [1.807, 2.05) is 0 Å². The first-order chi connectivity index (χ1) is 5.20. The Balaban J connectivity index is 2.94. The van der Waals surface area contributed by atoms with Crippen LogP contribution in [-0.4, -0.2) is 8.42 Å². The van der Waals surface area contributed by atoms with E-state index >= 15 is 0 Å². The highest BCUT2D eigenvalue weighted by molar-refractivity contribution is 7.71. The minimum atomic E-state index is -2.53. The molecule has 4 heteroatoms. The topological polar surface area (TPSA) is 34.1 Å². The van der Waals surface area contributed by atoms with Gasteiger partial charge in [-0.3, -0.25) is 0 Å². The summed E-state index contributed by atoms with van der Waals surface area (Å²) in [5.74, 6) is -0.686. The number of thiol groups is 1. The lowest BCUT2D eigenvalue weighted by Gasteiger charge is -1.94. The van der Waals surface area contributed by atoms with Gasteiger partial charge in [0.2, 0.25) is 0 Å². The maximum atomic E-state index is 12.7. The summed E-state index contributed by atoms with van der Waals surface area (Å²) in [6, 6.07) is 5.84. The third kappa shape index (κ3) is 2.31. The van der Waals surface area contributed by atoms with Crippen LogP contribution >= 0.6 is 0 Å². The molecule has 0 fully saturated rings. The van der Waals surface area contributed by atoms with Gasteiger partial charge in [-0.2, -0.15) is 0 Å². The van der Waals surface area contributed by atoms with Crippen LogP contribution in [0.1, 0.15) is 5.56 Å². The Morgan fingerprint density at radius 1 is 1.27 bits per heavy atom. The Morgan fingerprint density at radius 3 is 2.45 bits per heavy atom. The van der Waals surface area contributed by atoms with Gasteiger partial charge in [0.15, 0.2) is 0 Å². The minimum absolute atomic E-state index is 0.220. The van der Waals surface area contributed by atoms with E-state index in [0.29, 0.717) is 0 Å². The molecule has 2 nitrogen and oxygen atoms in total. The molecule has 0 saturated carbocycles. The molecule has 11 heavy (non-hydrogen) atoms. The summed E-state index contributed by atoms with van der Waals surface area (Å²) < 4.78 is 33.1. The molecule has 0 aliphatic carbocycles. The molecule has 0 aliphatic heterocycles. The molecular weight excluding hydrogens is 167 g/mol. The summed E-state index contributed by atoms with van der Waals surface area (Å²) in [6.07, 6.45) is 0. The van der Waals surface area contributed by atoms with Gasteiger partial charge in [-0.05, 0) is 6.07 Å². The van der Waals surface area contributed by atoms with Gasteiger partial charge in [0.1, 0.15) is 16.5 Å². The fourth-order valence-electron chi connectivity index (χ4n) is 0.766. The van der Waals surface area contributed by atoms with Crippen LogP contribution in [0.3, 0.4) is 0 Å². The summed E-state index contributed by atoms with van der Waals surface area (Å²) >= 11 is 0. The molecule has 60 valence electrons. The van der Waals surface area contributed by atoms with E-state index in [1.165, 1.54) is 18.2 Å². The van der Waals surface area contributed by atoms with Gasteiger partial charge in [0, 0.05) is 5.56 Å². The van der Waals surface area contributed by atoms with Crippen LogP contribution in [-0.2, 0) is 16.5 Å². The largest absolute Gasteiger partial charge is 0.232 e. The fourth-order valence-corrected chi connectivity index (χ4v) is 1.30. The van der Waals surface area contributed by atoms with Crippen LogP contribution in [0, 0.1) is 5.82 Å². The van der Waals surface area contributed by atoms with Crippen molar-refractivity contribution in [2.75, 3.05) is 0 Å². The molecule has 0 saturated heterocycles. The zero-order valence-electron chi connectivity index (χ0n) is 5.66. The average Bonchev–Trinajstić information content (AvgIpc) is 1.93. The molecule has 0 aromatic heterocycles. The van der Waals surface area contributed by atoms with Gasteiger partial charge < -0.3 is 0 Å². The van der Waals surface area contributed by atoms with Gasteiger partial charge in [-0.1, -0.05) is 18.2 Å². The summed E-state index contributed by atoms with van der Waals surface area (Å²) in [6.45, 7) is 0. The Bertz CT molecular complexity index is 312. The normalized spacial score (nSPS) is 10.4. The number of benzene rings is 1. The van der Waals surface area contributed by atoms with Crippen LogP contribution in [0.4, 0.5) is 4.39 Å². The number of hydrogen-bond donors (Lipinski definition) is 1. The molecule has 0 unspecified atom stereocenters. The first kappa shape index (κ1) is 8.20. The minimum Gasteiger partial charge on any atom is -0.232 e. The van der Waals surface area contributed by atoms with Gasteiger partial charge >= 0.3 is 0 Å². The number of rotatable bonds is 2. The second-order valence-electron chi connectivity index (χ2n) is 2.08. The number of hydrogen-bond acceptors (Lipinski definition) is 2. The lowest BCUT2D eigenvalue weighted by Crippen LogP contribution is -1.90. The Labute approximate surface area is 65.6 Å². The standard InChI is InChI=1S/C7H7FO2S/c8-7-4-2-1-3-6(7)5-11(9)10/h1-4,11H,5H2. The van der Waals surface area contributed by atoms with Crippen molar-refractivity contribution in [3.8, 4) is 0 Å². The van der Waals surface area contributed by atoms with E-state index in [-0.39, 0.29) is 11.3 Å². The molecule has 0 aliphatic rings. The lowest BCUT2D eigenvalue weighted by atomic mass is 10.2. The molecular formula is C7H7FO2S. The zero-order chi connectivity index (χ0) is 8.27. The van der Waals surface area contributed by atoms with Crippen LogP contribution in [0.2, 0.25) is 0 Å². The quantitative estimate of drug-likeness (QED) is 0.677. The first-order valence-corrected chi connectivity index (χ1v) is 4.41. The molecule has 0 bridgehead atoms. The molecule has 0 radical (unpaired) electrons. The van der Waals surface area contributed by atoms with Gasteiger partial charge in [0.25, 0.3) is 0 Å². The molecule has 0 atom stereocenters. The second-order valence-corrected chi connectivity index (χ2v) is 3.06. The molecule has 0 amide bonds. The average molecular weight is 174 g/mol. The van der Waals surface area contributed by atoms with Gasteiger partial charge in [-0.15, -0.1) is 0 Å². The predicted octanol–water partition coefficient (Wildman–Crippen LogP) is 0.937. The van der Waals surface area contributed by atoms with Crippen molar-refractivity contribution < 1.29 is 12.8 Å². The molecule has 1 aromatic rings. The highest BCUT2D eigenvalue weighted by atomic mass is 32.2. The van der Waals surface area contributed by atoms with Crippen molar-refractivity contribution >= 4 is 10.7 Å². The van der Waals surface area contributed by atoms with E-state index in [9.17, 15) is 12.8 Å². The Hall–Kier alpha value is -0.900. The molecule has 0 spiro atoms. The molecule has 1 rings (SSSR count). The van der Waals surface area contributed by atoms with Crippen LogP contribution in [0.5, 0.6) is 0 Å². The summed E-state index contributed by atoms with van der Waals surface area (Å²) in [4.78, 5) is 0. The molecule has 1 aromatic carbocycles. The van der Waals surface area contributed by atoms with E-state index in [0.717, 1.165) is 0 Å². The van der Waals surface area contributed by atoms with Crippen molar-refractivity contribution in [3.05, 3.63) is 35.6 Å². The van der Waals surface area contributed by atoms with Crippen LogP contribution in [0.25, 0.3) is 0 Å². The fraction of sp³-hybridized carbons (Fsp3) is 0.143. The maximum Gasteiger partial charge on any atom is 0.144 e. The van der Waals surface area contributed by atoms with E-state index < -0.39 is 16.5 Å². The summed E-state index contributed by atoms with van der Waals surface area (Å²) in [5.41, 5.74) is 0.226. The van der Waals surface area contributed by atoms with Crippen LogP contribution in [0.15, 0.2) is 24.3 Å². The third-order valence-electron chi connectivity index (χ3n) is 1.26. The van der Waals surface area contributed by atoms with Gasteiger partial charge in [0.05, 0.1) is 5.75 Å². The maximum absolute atomic E-state index is 12.7. The SMILES string of the molecule is O=[SH](=O)Cc1ccccc1F. The smallest absolute Gasteiger partial charge is 0.144 e. The van der Waals surface area contributed by atoms with Crippen molar-refractivity contribution in [2.24, 2.45) is 0 Å². The van der Waals surface area contributed by atoms with Gasteiger partial charge in [-0.25, -0.2) is 12.8 Å². The summed E-state index contributed by atoms with van der Waals surface area (Å²) in [5, 5.41) is 0.